The number of nitrogens with one attached hydrogen (secondary N) is 1. The molecule has 0 saturated heterocycles. The average molecular weight is 337 g/mol. The van der Waals surface area contributed by atoms with E-state index in [0.29, 0.717) is 5.92 Å². The van der Waals surface area contributed by atoms with E-state index in [9.17, 15) is 8.42 Å². The summed E-state index contributed by atoms with van der Waals surface area (Å²) >= 11 is 0. The lowest BCUT2D eigenvalue weighted by atomic mass is 9.86. The summed E-state index contributed by atoms with van der Waals surface area (Å²) in [4.78, 5) is 2.65. The molecule has 128 valence electrons. The molecule has 0 bridgehead atoms. The van der Waals surface area contributed by atoms with Crippen molar-refractivity contribution in [3.05, 3.63) is 29.8 Å². The van der Waals surface area contributed by atoms with Crippen LogP contribution >= 0.6 is 0 Å². The molecule has 1 aromatic rings. The van der Waals surface area contributed by atoms with Crippen LogP contribution in [0.3, 0.4) is 0 Å². The minimum atomic E-state index is -3.59. The maximum Gasteiger partial charge on any atom is 0.276 e. The van der Waals surface area contributed by atoms with Crippen LogP contribution in [0.1, 0.15) is 65.4 Å². The molecular formula is C18H28N2O2S. The lowest BCUT2D eigenvalue weighted by Crippen LogP contribution is -2.23. The summed E-state index contributed by atoms with van der Waals surface area (Å²) in [5.74, 6) is 0.412. The Hall–Kier alpha value is -1.36. The normalized spacial score (nSPS) is 18.0. The van der Waals surface area contributed by atoms with Crippen molar-refractivity contribution in [3.8, 4) is 0 Å². The molecule has 0 heterocycles. The molecule has 1 aromatic carbocycles. The second kappa shape index (κ2) is 7.04. The number of hydrogen-bond donors (Lipinski definition) is 1. The highest BCUT2D eigenvalue weighted by atomic mass is 32.2. The molecule has 1 fully saturated rings. The first-order valence-corrected chi connectivity index (χ1v) is 9.85. The third kappa shape index (κ3) is 4.80. The summed E-state index contributed by atoms with van der Waals surface area (Å²) in [6.07, 6.45) is 5.90. The topological polar surface area (TPSA) is 58.5 Å². The molecule has 1 N–H and O–H groups in total. The fraction of sp³-hybridized carbons (Fsp3) is 0.611. The van der Waals surface area contributed by atoms with E-state index < -0.39 is 10.0 Å². The van der Waals surface area contributed by atoms with E-state index in [2.05, 4.69) is 30.7 Å². The van der Waals surface area contributed by atoms with Crippen molar-refractivity contribution in [3.63, 3.8) is 0 Å². The third-order valence-electron chi connectivity index (χ3n) is 4.57. The summed E-state index contributed by atoms with van der Waals surface area (Å²) in [6.45, 7) is 8.23. The zero-order valence-corrected chi connectivity index (χ0v) is 15.4. The van der Waals surface area contributed by atoms with Crippen molar-refractivity contribution in [1.82, 2.24) is 4.83 Å². The minimum Gasteiger partial charge on any atom is -0.200 e. The summed E-state index contributed by atoms with van der Waals surface area (Å²) < 4.78 is 24.7. The Morgan fingerprint density at radius 3 is 2.17 bits per heavy atom. The first-order chi connectivity index (χ1) is 10.7. The summed E-state index contributed by atoms with van der Waals surface area (Å²) in [5, 5.41) is 4.15. The fourth-order valence-corrected chi connectivity index (χ4v) is 3.79. The number of hydrogen-bond acceptors (Lipinski definition) is 3. The molecule has 5 heteroatoms. The molecular weight excluding hydrogens is 308 g/mol. The van der Waals surface area contributed by atoms with Crippen LogP contribution in [0.25, 0.3) is 0 Å². The van der Waals surface area contributed by atoms with Crippen molar-refractivity contribution in [2.24, 2.45) is 11.0 Å². The van der Waals surface area contributed by atoms with E-state index in [1.165, 1.54) is 19.3 Å². The smallest absolute Gasteiger partial charge is 0.200 e. The van der Waals surface area contributed by atoms with Crippen molar-refractivity contribution >= 4 is 15.7 Å². The van der Waals surface area contributed by atoms with E-state index in [1.54, 1.807) is 12.1 Å². The number of hydrazone groups is 1. The number of rotatable bonds is 4. The zero-order valence-electron chi connectivity index (χ0n) is 14.6. The highest BCUT2D eigenvalue weighted by Gasteiger charge is 2.19. The molecule has 0 radical (unpaired) electrons. The minimum absolute atomic E-state index is 0.00540. The van der Waals surface area contributed by atoms with Crippen molar-refractivity contribution in [2.75, 3.05) is 0 Å². The first kappa shape index (κ1) is 18.0. The van der Waals surface area contributed by atoms with Crippen LogP contribution in [0.15, 0.2) is 34.3 Å². The van der Waals surface area contributed by atoms with E-state index in [0.717, 1.165) is 24.1 Å². The maximum absolute atomic E-state index is 12.4. The molecule has 0 amide bonds. The van der Waals surface area contributed by atoms with Crippen molar-refractivity contribution in [1.29, 1.82) is 0 Å². The molecule has 0 spiro atoms. The molecule has 4 nitrogen and oxygen atoms in total. The summed E-state index contributed by atoms with van der Waals surface area (Å²) in [5.41, 5.74) is 2.00. The largest absolute Gasteiger partial charge is 0.276 e. The summed E-state index contributed by atoms with van der Waals surface area (Å²) in [6, 6.07) is 7.03. The van der Waals surface area contributed by atoms with E-state index in [1.807, 2.05) is 19.1 Å². The van der Waals surface area contributed by atoms with Gasteiger partial charge in [-0.2, -0.15) is 13.5 Å². The molecule has 23 heavy (non-hydrogen) atoms. The van der Waals surface area contributed by atoms with Gasteiger partial charge in [0.1, 0.15) is 0 Å². The predicted molar refractivity (Wildman–Crippen MR) is 95.1 cm³/mol. The highest BCUT2D eigenvalue weighted by Crippen LogP contribution is 2.25. The Kier molecular flexibility index (Phi) is 5.50. The van der Waals surface area contributed by atoms with Gasteiger partial charge in [-0.25, -0.2) is 4.83 Å². The Morgan fingerprint density at radius 1 is 1.09 bits per heavy atom. The maximum atomic E-state index is 12.4. The van der Waals surface area contributed by atoms with Gasteiger partial charge in [-0.3, -0.25) is 0 Å². The van der Waals surface area contributed by atoms with Crippen LogP contribution in [-0.4, -0.2) is 14.1 Å². The van der Waals surface area contributed by atoms with E-state index in [4.69, 9.17) is 0 Å². The number of sulfonamides is 1. The summed E-state index contributed by atoms with van der Waals surface area (Å²) in [7, 11) is -3.59. The molecule has 1 aliphatic carbocycles. The second-order valence-electron chi connectivity index (χ2n) is 7.46. The molecule has 0 aromatic heterocycles. The molecule has 1 aliphatic rings. The van der Waals surface area contributed by atoms with Gasteiger partial charge in [-0.05, 0) is 48.8 Å². The Balaban J connectivity index is 2.09. The Morgan fingerprint density at radius 2 is 1.65 bits per heavy atom. The van der Waals surface area contributed by atoms with Crippen LogP contribution in [0.4, 0.5) is 0 Å². The van der Waals surface area contributed by atoms with Gasteiger partial charge < -0.3 is 0 Å². The average Bonchev–Trinajstić information content (AvgIpc) is 2.53. The second-order valence-corrected chi connectivity index (χ2v) is 9.12. The molecule has 0 unspecified atom stereocenters. The van der Waals surface area contributed by atoms with Gasteiger partial charge in [-0.15, -0.1) is 0 Å². The van der Waals surface area contributed by atoms with Crippen LogP contribution in [0.5, 0.6) is 0 Å². The van der Waals surface area contributed by atoms with Gasteiger partial charge in [0.15, 0.2) is 0 Å². The molecule has 2 rings (SSSR count). The van der Waals surface area contributed by atoms with Gasteiger partial charge >= 0.3 is 0 Å². The third-order valence-corrected chi connectivity index (χ3v) is 5.79. The van der Waals surface area contributed by atoms with Gasteiger partial charge in [0, 0.05) is 5.71 Å². The molecule has 1 saturated carbocycles. The quantitative estimate of drug-likeness (QED) is 0.661. The first-order valence-electron chi connectivity index (χ1n) is 8.37. The van der Waals surface area contributed by atoms with Crippen molar-refractivity contribution in [2.45, 2.75) is 70.1 Å². The van der Waals surface area contributed by atoms with Crippen molar-refractivity contribution < 1.29 is 8.42 Å². The number of nitrogens with zero attached hydrogens (tertiary/aromatic N) is 1. The van der Waals surface area contributed by atoms with Crippen LogP contribution < -0.4 is 4.83 Å². The van der Waals surface area contributed by atoms with Crippen LogP contribution in [0, 0.1) is 5.92 Å². The Labute approximate surface area is 140 Å². The lowest BCUT2D eigenvalue weighted by molar-refractivity contribution is 0.437. The SMILES string of the molecule is CC(=NNS(=O)(=O)c1ccc(C(C)(C)C)cc1)C1CCCCC1. The molecule has 0 atom stereocenters. The Bertz CT molecular complexity index is 649. The van der Waals surface area contributed by atoms with E-state index >= 15 is 0 Å². The van der Waals surface area contributed by atoms with Gasteiger partial charge in [-0.1, -0.05) is 52.2 Å². The van der Waals surface area contributed by atoms with Crippen LogP contribution in [-0.2, 0) is 15.4 Å². The van der Waals surface area contributed by atoms with Gasteiger partial charge in [0.2, 0.25) is 0 Å². The highest BCUT2D eigenvalue weighted by molar-refractivity contribution is 7.89. The zero-order chi connectivity index (χ0) is 17.1. The van der Waals surface area contributed by atoms with Gasteiger partial charge in [0.05, 0.1) is 4.90 Å². The predicted octanol–water partition coefficient (Wildman–Crippen LogP) is 4.22. The molecule has 0 aliphatic heterocycles. The number of benzene rings is 1. The fourth-order valence-electron chi connectivity index (χ4n) is 2.93. The standard InChI is InChI=1S/C18H28N2O2S/c1-14(15-8-6-5-7-9-15)19-20-23(21,22)17-12-10-16(11-13-17)18(2,3)4/h10-13,15,20H,5-9H2,1-4H3. The van der Waals surface area contributed by atoms with E-state index in [-0.39, 0.29) is 10.3 Å². The van der Waals surface area contributed by atoms with Gasteiger partial charge in [0.25, 0.3) is 10.0 Å². The van der Waals surface area contributed by atoms with Crippen LogP contribution in [0.2, 0.25) is 0 Å². The lowest BCUT2D eigenvalue weighted by Gasteiger charge is -2.21. The monoisotopic (exact) mass is 336 g/mol.